The molecule has 0 saturated carbocycles. The average molecular weight is 270 g/mol. The molecule has 2 heterocycles. The molecule has 2 unspecified atom stereocenters. The fourth-order valence-corrected chi connectivity index (χ4v) is 3.15. The molecule has 0 bridgehead atoms. The van der Waals surface area contributed by atoms with Crippen molar-refractivity contribution in [2.45, 2.75) is 44.0 Å². The monoisotopic (exact) mass is 269 g/mol. The Labute approximate surface area is 98.4 Å². The van der Waals surface area contributed by atoms with E-state index in [-0.39, 0.29) is 5.56 Å². The van der Waals surface area contributed by atoms with Crippen LogP contribution < -0.4 is 5.56 Å². The lowest BCUT2D eigenvalue weighted by Crippen LogP contribution is -2.31. The van der Waals surface area contributed by atoms with Crippen molar-refractivity contribution in [3.63, 3.8) is 0 Å². The van der Waals surface area contributed by atoms with Crippen LogP contribution in [0.4, 0.5) is 0 Å². The van der Waals surface area contributed by atoms with Gasteiger partial charge in [-0.2, -0.15) is 0 Å². The van der Waals surface area contributed by atoms with E-state index in [0.717, 1.165) is 19.3 Å². The summed E-state index contributed by atoms with van der Waals surface area (Å²) in [5.41, 5.74) is 2.63. The highest BCUT2D eigenvalue weighted by Gasteiger charge is 2.25. The van der Waals surface area contributed by atoms with Crippen molar-refractivity contribution in [2.75, 3.05) is 0 Å². The average Bonchev–Trinajstić information content (AvgIpc) is 2.23. The first-order valence-electron chi connectivity index (χ1n) is 5.53. The third kappa shape index (κ3) is 1.78. The molecule has 0 radical (unpaired) electrons. The third-order valence-electron chi connectivity index (χ3n) is 3.21. The molecule has 82 valence electrons. The predicted octanol–water partition coefficient (Wildman–Crippen LogP) is 3.20. The van der Waals surface area contributed by atoms with Gasteiger partial charge in [-0.3, -0.25) is 4.79 Å². The molecular weight excluding hydrogens is 254 g/mol. The van der Waals surface area contributed by atoms with E-state index in [2.05, 4.69) is 29.8 Å². The highest BCUT2D eigenvalue weighted by atomic mass is 79.9. The van der Waals surface area contributed by atoms with Gasteiger partial charge in [0.1, 0.15) is 0 Å². The molecule has 0 aliphatic carbocycles. The number of pyridine rings is 1. The van der Waals surface area contributed by atoms with Crippen molar-refractivity contribution in [1.29, 1.82) is 0 Å². The molecule has 2 rings (SSSR count). The SMILES string of the molecule is CCc1ccc(=O)n2c1C(Br)CCC2C. The Kier molecular flexibility index (Phi) is 3.01. The van der Waals surface area contributed by atoms with Crippen LogP contribution >= 0.6 is 15.9 Å². The fourth-order valence-electron chi connectivity index (χ4n) is 2.37. The Bertz CT molecular complexity index is 424. The lowest BCUT2D eigenvalue weighted by Gasteiger charge is -2.30. The summed E-state index contributed by atoms with van der Waals surface area (Å²) < 4.78 is 1.96. The van der Waals surface area contributed by atoms with Crippen molar-refractivity contribution >= 4 is 15.9 Å². The Hall–Kier alpha value is -0.570. The zero-order chi connectivity index (χ0) is 11.0. The van der Waals surface area contributed by atoms with Gasteiger partial charge in [0.2, 0.25) is 0 Å². The summed E-state index contributed by atoms with van der Waals surface area (Å²) in [5, 5.41) is 0. The summed E-state index contributed by atoms with van der Waals surface area (Å²) in [6.45, 7) is 4.27. The molecule has 1 aliphatic heterocycles. The van der Waals surface area contributed by atoms with Gasteiger partial charge in [0, 0.05) is 17.8 Å². The second-order valence-electron chi connectivity index (χ2n) is 4.20. The zero-order valence-electron chi connectivity index (χ0n) is 9.16. The molecule has 2 atom stereocenters. The number of nitrogens with zero attached hydrogens (tertiary/aromatic N) is 1. The first-order valence-corrected chi connectivity index (χ1v) is 6.45. The molecule has 0 N–H and O–H groups in total. The summed E-state index contributed by atoms with van der Waals surface area (Å²) in [6.07, 6.45) is 3.19. The molecule has 1 aromatic heterocycles. The molecule has 0 aromatic carbocycles. The maximum absolute atomic E-state index is 11.8. The Morgan fingerprint density at radius 1 is 1.47 bits per heavy atom. The zero-order valence-corrected chi connectivity index (χ0v) is 10.8. The minimum absolute atomic E-state index is 0.138. The predicted molar refractivity (Wildman–Crippen MR) is 65.7 cm³/mol. The van der Waals surface area contributed by atoms with Gasteiger partial charge in [-0.05, 0) is 31.7 Å². The second-order valence-corrected chi connectivity index (χ2v) is 5.30. The van der Waals surface area contributed by atoms with E-state index < -0.39 is 0 Å². The van der Waals surface area contributed by atoms with Crippen LogP contribution in [0.15, 0.2) is 16.9 Å². The van der Waals surface area contributed by atoms with Gasteiger partial charge < -0.3 is 4.57 Å². The number of fused-ring (bicyclic) bond motifs is 1. The summed E-state index contributed by atoms with van der Waals surface area (Å²) in [7, 11) is 0. The first kappa shape index (κ1) is 10.9. The largest absolute Gasteiger partial charge is 0.308 e. The van der Waals surface area contributed by atoms with Crippen molar-refractivity contribution in [3.05, 3.63) is 33.7 Å². The number of hydrogen-bond donors (Lipinski definition) is 0. The van der Waals surface area contributed by atoms with Crippen molar-refractivity contribution in [3.8, 4) is 0 Å². The summed E-state index contributed by atoms with van der Waals surface area (Å²) in [4.78, 5) is 12.2. The number of aryl methyl sites for hydroxylation is 1. The van der Waals surface area contributed by atoms with Crippen LogP contribution in [0.3, 0.4) is 0 Å². The van der Waals surface area contributed by atoms with E-state index in [1.807, 2.05) is 10.6 Å². The Morgan fingerprint density at radius 3 is 2.87 bits per heavy atom. The lowest BCUT2D eigenvalue weighted by molar-refractivity contribution is 0.412. The molecule has 3 heteroatoms. The van der Waals surface area contributed by atoms with E-state index in [1.165, 1.54) is 11.3 Å². The van der Waals surface area contributed by atoms with Crippen LogP contribution in [0.5, 0.6) is 0 Å². The van der Waals surface area contributed by atoms with Crippen LogP contribution in [0.2, 0.25) is 0 Å². The van der Waals surface area contributed by atoms with Crippen molar-refractivity contribution < 1.29 is 0 Å². The molecule has 2 nitrogen and oxygen atoms in total. The van der Waals surface area contributed by atoms with E-state index in [0.29, 0.717) is 10.9 Å². The minimum atomic E-state index is 0.138. The minimum Gasteiger partial charge on any atom is -0.308 e. The third-order valence-corrected chi connectivity index (χ3v) is 4.10. The van der Waals surface area contributed by atoms with Crippen molar-refractivity contribution in [2.24, 2.45) is 0 Å². The van der Waals surface area contributed by atoms with Gasteiger partial charge in [0.05, 0.1) is 4.83 Å². The Morgan fingerprint density at radius 2 is 2.20 bits per heavy atom. The van der Waals surface area contributed by atoms with Gasteiger partial charge in [-0.15, -0.1) is 0 Å². The van der Waals surface area contributed by atoms with Gasteiger partial charge in [0.25, 0.3) is 5.56 Å². The van der Waals surface area contributed by atoms with E-state index >= 15 is 0 Å². The molecule has 1 aromatic rings. The van der Waals surface area contributed by atoms with Crippen LogP contribution in [-0.4, -0.2) is 4.57 Å². The normalized spacial score (nSPS) is 25.0. The van der Waals surface area contributed by atoms with Crippen LogP contribution in [0.1, 0.15) is 48.8 Å². The van der Waals surface area contributed by atoms with Gasteiger partial charge in [0.15, 0.2) is 0 Å². The fraction of sp³-hybridized carbons (Fsp3) is 0.583. The van der Waals surface area contributed by atoms with E-state index in [1.54, 1.807) is 6.07 Å². The molecule has 0 fully saturated rings. The summed E-state index contributed by atoms with van der Waals surface area (Å²) in [5.74, 6) is 0. The lowest BCUT2D eigenvalue weighted by atomic mass is 9.98. The molecule has 1 aliphatic rings. The van der Waals surface area contributed by atoms with Crippen molar-refractivity contribution in [1.82, 2.24) is 4.57 Å². The standard InChI is InChI=1S/C12H16BrNO/c1-3-9-5-7-11(15)14-8(2)4-6-10(13)12(9)14/h5,7-8,10H,3-4,6H2,1-2H3. The highest BCUT2D eigenvalue weighted by molar-refractivity contribution is 9.09. The molecule has 0 spiro atoms. The van der Waals surface area contributed by atoms with Gasteiger partial charge >= 0.3 is 0 Å². The molecule has 15 heavy (non-hydrogen) atoms. The number of alkyl halides is 1. The number of rotatable bonds is 1. The van der Waals surface area contributed by atoms with Gasteiger partial charge in [-0.25, -0.2) is 0 Å². The summed E-state index contributed by atoms with van der Waals surface area (Å²) in [6, 6.07) is 4.01. The van der Waals surface area contributed by atoms with Crippen LogP contribution in [0, 0.1) is 0 Å². The number of hydrogen-bond acceptors (Lipinski definition) is 1. The van der Waals surface area contributed by atoms with Gasteiger partial charge in [-0.1, -0.05) is 28.9 Å². The van der Waals surface area contributed by atoms with Crippen LogP contribution in [0.25, 0.3) is 0 Å². The molecule has 0 saturated heterocycles. The first-order chi connectivity index (χ1) is 7.15. The second kappa shape index (κ2) is 4.12. The highest BCUT2D eigenvalue weighted by Crippen LogP contribution is 2.37. The summed E-state index contributed by atoms with van der Waals surface area (Å²) >= 11 is 3.68. The molecular formula is C12H16BrNO. The Balaban J connectivity index is 2.68. The molecule has 0 amide bonds. The maximum Gasteiger partial charge on any atom is 0.251 e. The topological polar surface area (TPSA) is 22.0 Å². The van der Waals surface area contributed by atoms with E-state index in [4.69, 9.17) is 0 Å². The van der Waals surface area contributed by atoms with Crippen LogP contribution in [-0.2, 0) is 6.42 Å². The number of aromatic nitrogens is 1. The number of halogens is 1. The maximum atomic E-state index is 11.8. The smallest absolute Gasteiger partial charge is 0.251 e. The van der Waals surface area contributed by atoms with E-state index in [9.17, 15) is 4.79 Å². The quantitative estimate of drug-likeness (QED) is 0.718.